The van der Waals surface area contributed by atoms with E-state index in [-0.39, 0.29) is 29.2 Å². The number of fused-ring (bicyclic) bond motifs is 1. The van der Waals surface area contributed by atoms with E-state index in [0.717, 1.165) is 6.07 Å². The molecule has 37 heavy (non-hydrogen) atoms. The molecule has 0 N–H and O–H groups in total. The second kappa shape index (κ2) is 10.4. The SMILES string of the molecule is COC(=O)c1ccc(-c2cc(N(Cc3ccc(Cl)cc3Cl)C(=O)OC(C)(C)C)n3nccc3n2)c(F)c1. The van der Waals surface area contributed by atoms with Crippen LogP contribution in [0.3, 0.4) is 0 Å². The minimum atomic E-state index is -0.798. The highest BCUT2D eigenvalue weighted by atomic mass is 35.5. The first-order valence-corrected chi connectivity index (χ1v) is 11.9. The Bertz CT molecular complexity index is 1500. The van der Waals surface area contributed by atoms with Crippen LogP contribution in [0.1, 0.15) is 36.7 Å². The maximum atomic E-state index is 15.1. The van der Waals surface area contributed by atoms with Crippen molar-refractivity contribution in [3.63, 3.8) is 0 Å². The van der Waals surface area contributed by atoms with Gasteiger partial charge >= 0.3 is 12.1 Å². The number of aromatic nitrogens is 3. The molecular weight excluding hydrogens is 522 g/mol. The molecule has 1 amide bonds. The maximum Gasteiger partial charge on any atom is 0.416 e. The van der Waals surface area contributed by atoms with Crippen molar-refractivity contribution >= 4 is 46.7 Å². The molecule has 0 radical (unpaired) electrons. The van der Waals surface area contributed by atoms with Crippen LogP contribution < -0.4 is 4.90 Å². The second-order valence-electron chi connectivity index (χ2n) is 9.09. The van der Waals surface area contributed by atoms with Gasteiger partial charge in [0, 0.05) is 27.7 Å². The van der Waals surface area contributed by atoms with E-state index >= 15 is 4.39 Å². The highest BCUT2D eigenvalue weighted by molar-refractivity contribution is 6.35. The van der Waals surface area contributed by atoms with Crippen LogP contribution >= 0.6 is 23.2 Å². The van der Waals surface area contributed by atoms with E-state index in [4.69, 9.17) is 27.9 Å². The fourth-order valence-electron chi connectivity index (χ4n) is 3.57. The fraction of sp³-hybridized carbons (Fsp3) is 0.231. The number of methoxy groups -OCH3 is 1. The molecule has 0 aliphatic carbocycles. The van der Waals surface area contributed by atoms with Gasteiger partial charge < -0.3 is 9.47 Å². The number of nitrogens with zero attached hydrogens (tertiary/aromatic N) is 4. The van der Waals surface area contributed by atoms with Crippen molar-refractivity contribution in [2.45, 2.75) is 32.9 Å². The highest BCUT2D eigenvalue weighted by Gasteiger charge is 2.27. The lowest BCUT2D eigenvalue weighted by molar-refractivity contribution is 0.0572. The van der Waals surface area contributed by atoms with E-state index < -0.39 is 23.5 Å². The van der Waals surface area contributed by atoms with E-state index in [9.17, 15) is 9.59 Å². The van der Waals surface area contributed by atoms with Gasteiger partial charge in [-0.05, 0) is 56.7 Å². The smallest absolute Gasteiger partial charge is 0.416 e. The van der Waals surface area contributed by atoms with Gasteiger partial charge in [0.15, 0.2) is 5.65 Å². The number of carbonyl (C=O) groups excluding carboxylic acids is 2. The molecule has 0 spiro atoms. The van der Waals surface area contributed by atoms with E-state index in [1.165, 1.54) is 40.9 Å². The molecule has 4 rings (SSSR count). The third-order valence-corrected chi connectivity index (χ3v) is 5.83. The molecule has 0 fully saturated rings. The van der Waals surface area contributed by atoms with Crippen molar-refractivity contribution in [1.82, 2.24) is 14.6 Å². The summed E-state index contributed by atoms with van der Waals surface area (Å²) in [5, 5.41) is 5.10. The van der Waals surface area contributed by atoms with Gasteiger partial charge in [0.25, 0.3) is 0 Å². The van der Waals surface area contributed by atoms with Crippen molar-refractivity contribution in [2.24, 2.45) is 0 Å². The second-order valence-corrected chi connectivity index (χ2v) is 9.93. The van der Waals surface area contributed by atoms with E-state index in [1.54, 1.807) is 45.0 Å². The number of ether oxygens (including phenoxy) is 2. The van der Waals surface area contributed by atoms with Gasteiger partial charge in [-0.2, -0.15) is 9.61 Å². The Kier molecular flexibility index (Phi) is 7.38. The Morgan fingerprint density at radius 1 is 1.08 bits per heavy atom. The first-order valence-electron chi connectivity index (χ1n) is 11.1. The van der Waals surface area contributed by atoms with E-state index in [2.05, 4.69) is 14.8 Å². The minimum absolute atomic E-state index is 0.00703. The molecule has 4 aromatic rings. The lowest BCUT2D eigenvalue weighted by atomic mass is 10.1. The van der Waals surface area contributed by atoms with Crippen LogP contribution in [0.2, 0.25) is 10.0 Å². The van der Waals surface area contributed by atoms with Crippen LogP contribution in [0.4, 0.5) is 15.0 Å². The predicted octanol–water partition coefficient (Wildman–Crippen LogP) is 6.57. The molecule has 2 aromatic heterocycles. The van der Waals surface area contributed by atoms with E-state index in [0.29, 0.717) is 21.3 Å². The van der Waals surface area contributed by atoms with Gasteiger partial charge in [-0.15, -0.1) is 0 Å². The quantitative estimate of drug-likeness (QED) is 0.264. The molecule has 0 aliphatic heterocycles. The number of halogens is 3. The molecule has 2 aromatic carbocycles. The molecule has 0 bridgehead atoms. The van der Waals surface area contributed by atoms with Gasteiger partial charge in [-0.1, -0.05) is 29.3 Å². The van der Waals surface area contributed by atoms with Crippen molar-refractivity contribution in [2.75, 3.05) is 12.0 Å². The zero-order valence-electron chi connectivity index (χ0n) is 20.5. The number of rotatable bonds is 5. The zero-order chi connectivity index (χ0) is 26.9. The Morgan fingerprint density at radius 3 is 2.49 bits per heavy atom. The Morgan fingerprint density at radius 2 is 1.84 bits per heavy atom. The highest BCUT2D eigenvalue weighted by Crippen LogP contribution is 2.31. The van der Waals surface area contributed by atoms with Crippen LogP contribution in [0.5, 0.6) is 0 Å². The first-order chi connectivity index (χ1) is 17.5. The van der Waals surface area contributed by atoms with Crippen LogP contribution in [0.15, 0.2) is 54.7 Å². The van der Waals surface area contributed by atoms with Gasteiger partial charge in [0.1, 0.15) is 17.2 Å². The summed E-state index contributed by atoms with van der Waals surface area (Å²) in [6, 6.07) is 12.0. The predicted molar refractivity (Wildman–Crippen MR) is 139 cm³/mol. The minimum Gasteiger partial charge on any atom is -0.465 e. The largest absolute Gasteiger partial charge is 0.465 e. The molecule has 2 heterocycles. The molecule has 11 heteroatoms. The maximum absolute atomic E-state index is 15.1. The molecule has 0 unspecified atom stereocenters. The average molecular weight is 545 g/mol. The summed E-state index contributed by atoms with van der Waals surface area (Å²) in [6.45, 7) is 5.25. The molecule has 8 nitrogen and oxygen atoms in total. The van der Waals surface area contributed by atoms with Crippen molar-refractivity contribution in [3.8, 4) is 11.3 Å². The molecular formula is C26H23Cl2FN4O4. The number of hydrogen-bond acceptors (Lipinski definition) is 6. The number of amides is 1. The number of carbonyl (C=O) groups is 2. The number of anilines is 1. The normalized spacial score (nSPS) is 11.4. The average Bonchev–Trinajstić information content (AvgIpc) is 3.30. The Balaban J connectivity index is 1.87. The van der Waals surface area contributed by atoms with Crippen molar-refractivity contribution in [3.05, 3.63) is 81.7 Å². The summed E-state index contributed by atoms with van der Waals surface area (Å²) >= 11 is 12.5. The summed E-state index contributed by atoms with van der Waals surface area (Å²) in [5.41, 5.74) is 0.554. The molecule has 0 atom stereocenters. The third kappa shape index (κ3) is 5.84. The molecule has 0 saturated carbocycles. The number of hydrogen-bond donors (Lipinski definition) is 0. The first kappa shape index (κ1) is 26.4. The van der Waals surface area contributed by atoms with Gasteiger partial charge in [0.05, 0.1) is 31.1 Å². The van der Waals surface area contributed by atoms with Gasteiger partial charge in [0.2, 0.25) is 0 Å². The third-order valence-electron chi connectivity index (χ3n) is 5.24. The van der Waals surface area contributed by atoms with Crippen LogP contribution in [-0.2, 0) is 16.0 Å². The lowest BCUT2D eigenvalue weighted by Gasteiger charge is -2.28. The fourth-order valence-corrected chi connectivity index (χ4v) is 4.04. The number of benzene rings is 2. The van der Waals surface area contributed by atoms with Gasteiger partial charge in [-0.3, -0.25) is 4.90 Å². The van der Waals surface area contributed by atoms with Crippen LogP contribution in [0, 0.1) is 5.82 Å². The van der Waals surface area contributed by atoms with Crippen LogP contribution in [-0.4, -0.2) is 39.4 Å². The molecule has 0 aliphatic rings. The molecule has 0 saturated heterocycles. The Hall–Kier alpha value is -3.69. The summed E-state index contributed by atoms with van der Waals surface area (Å²) in [4.78, 5) is 31.1. The van der Waals surface area contributed by atoms with Crippen molar-refractivity contribution in [1.29, 1.82) is 0 Å². The van der Waals surface area contributed by atoms with Crippen LogP contribution in [0.25, 0.3) is 16.9 Å². The number of esters is 1. The lowest BCUT2D eigenvalue weighted by Crippen LogP contribution is -2.37. The van der Waals surface area contributed by atoms with Gasteiger partial charge in [-0.25, -0.2) is 19.0 Å². The summed E-state index contributed by atoms with van der Waals surface area (Å²) < 4.78 is 26.9. The summed E-state index contributed by atoms with van der Waals surface area (Å²) in [6.07, 6.45) is 0.837. The van der Waals surface area contributed by atoms with Crippen molar-refractivity contribution < 1.29 is 23.5 Å². The summed E-state index contributed by atoms with van der Waals surface area (Å²) in [7, 11) is 1.22. The molecule has 192 valence electrons. The summed E-state index contributed by atoms with van der Waals surface area (Å²) in [5.74, 6) is -1.09. The van der Waals surface area contributed by atoms with E-state index in [1.807, 2.05) is 0 Å². The zero-order valence-corrected chi connectivity index (χ0v) is 22.0. The standard InChI is InChI=1S/C26H23Cl2FN4O4/c1-26(2,3)37-25(35)32(14-16-5-7-17(27)12-19(16)28)23-13-21(31-22-9-10-30-33(22)23)18-8-6-15(11-20(18)29)24(34)36-4/h5-13H,14H2,1-4H3. The topological polar surface area (TPSA) is 86.0 Å². The Labute approximate surface area is 222 Å². The monoisotopic (exact) mass is 544 g/mol.